The van der Waals surface area contributed by atoms with Gasteiger partial charge in [-0.25, -0.2) is 0 Å². The molecule has 32 valence electrons. The fraction of sp³-hybridized carbons (Fsp3) is 0.500. The molecule has 0 aliphatic rings. The van der Waals surface area contributed by atoms with Crippen LogP contribution in [0.15, 0.2) is 0 Å². The van der Waals surface area contributed by atoms with E-state index in [0.29, 0.717) is 0 Å². The molecule has 0 rings (SSSR count). The first-order valence-electron chi connectivity index (χ1n) is 0.928. The summed E-state index contributed by atoms with van der Waals surface area (Å²) in [5.74, 6) is -0.833. The van der Waals surface area contributed by atoms with E-state index >= 15 is 0 Å². The summed E-state index contributed by atoms with van der Waals surface area (Å²) in [6.07, 6.45) is 0. The van der Waals surface area contributed by atoms with E-state index in [4.69, 9.17) is 9.90 Å². The summed E-state index contributed by atoms with van der Waals surface area (Å²) in [6.45, 7) is 1.08. The number of carbonyl (C=O) groups is 1. The Balaban J connectivity index is -0.0000000150. The molecular formula is C2H8AlKO2. The predicted molar refractivity (Wildman–Crippen MR) is 24.4 cm³/mol. The van der Waals surface area contributed by atoms with Gasteiger partial charge in [0.05, 0.1) is 0 Å². The van der Waals surface area contributed by atoms with Crippen molar-refractivity contribution in [3.63, 3.8) is 0 Å². The molecule has 2 nitrogen and oxygen atoms in total. The maximum Gasteiger partial charge on any atom is 1.00 e. The molecule has 0 saturated carbocycles. The number of hydrogen-bond donors (Lipinski definition) is 1. The molecule has 0 radical (unpaired) electrons. The largest absolute Gasteiger partial charge is 1.00 e. The molecule has 0 aliphatic carbocycles. The zero-order valence-corrected chi connectivity index (χ0v) is 6.48. The van der Waals surface area contributed by atoms with Gasteiger partial charge >= 0.3 is 51.4 Å². The second-order valence-electron chi connectivity index (χ2n) is 0.519. The number of carboxylic acid groups (broad SMARTS) is 1. The molecule has 0 heterocycles. The Morgan fingerprint density at radius 3 is 1.83 bits per heavy atom. The zero-order chi connectivity index (χ0) is 3.58. The van der Waals surface area contributed by atoms with Crippen LogP contribution in [0.25, 0.3) is 0 Å². The monoisotopic (exact) mass is 130 g/mol. The summed E-state index contributed by atoms with van der Waals surface area (Å²) in [6, 6.07) is 0. The van der Waals surface area contributed by atoms with Gasteiger partial charge in [-0.3, -0.25) is 4.79 Å². The first-order chi connectivity index (χ1) is 1.73. The molecule has 0 unspecified atom stereocenters. The third-order valence-electron chi connectivity index (χ3n) is 0. The van der Waals surface area contributed by atoms with Gasteiger partial charge in [-0.1, -0.05) is 0 Å². The van der Waals surface area contributed by atoms with Crippen molar-refractivity contribution in [1.82, 2.24) is 0 Å². The predicted octanol–water partition coefficient (Wildman–Crippen LogP) is -3.98. The van der Waals surface area contributed by atoms with Gasteiger partial charge in [0.15, 0.2) is 17.4 Å². The van der Waals surface area contributed by atoms with Crippen LogP contribution in [0.2, 0.25) is 0 Å². The SMILES string of the molecule is CC(=O)O.[AlH3].[H-].[K+]. The van der Waals surface area contributed by atoms with E-state index in [1.165, 1.54) is 0 Å². The van der Waals surface area contributed by atoms with Crippen molar-refractivity contribution in [2.24, 2.45) is 0 Å². The topological polar surface area (TPSA) is 37.3 Å². The van der Waals surface area contributed by atoms with E-state index in [1.807, 2.05) is 0 Å². The second-order valence-corrected chi connectivity index (χ2v) is 0.519. The minimum atomic E-state index is -0.833. The van der Waals surface area contributed by atoms with Gasteiger partial charge < -0.3 is 6.53 Å². The van der Waals surface area contributed by atoms with Crippen LogP contribution in [-0.2, 0) is 4.79 Å². The molecule has 0 atom stereocenters. The van der Waals surface area contributed by atoms with Crippen molar-refractivity contribution in [2.75, 3.05) is 0 Å². The molecule has 0 aliphatic heterocycles. The van der Waals surface area contributed by atoms with E-state index in [1.54, 1.807) is 0 Å². The molecule has 0 fully saturated rings. The molecule has 6 heavy (non-hydrogen) atoms. The van der Waals surface area contributed by atoms with Crippen LogP contribution in [0.4, 0.5) is 0 Å². The van der Waals surface area contributed by atoms with E-state index in [2.05, 4.69) is 0 Å². The van der Waals surface area contributed by atoms with Crippen LogP contribution in [0.1, 0.15) is 8.35 Å². The van der Waals surface area contributed by atoms with Gasteiger partial charge in [-0.2, -0.15) is 0 Å². The fourth-order valence-electron chi connectivity index (χ4n) is 0. The standard InChI is InChI=1S/C2H4O2.Al.K.4H/c1-2(3)4;;;;;;/h1H3,(H,3,4);;;;;;/q;;+1;;;;-1. The molecule has 1 N–H and O–H groups in total. The molecule has 0 spiro atoms. The Hall–Kier alpha value is 1.64. The summed E-state index contributed by atoms with van der Waals surface area (Å²) >= 11 is 0. The summed E-state index contributed by atoms with van der Waals surface area (Å²) in [7, 11) is 0. The van der Waals surface area contributed by atoms with E-state index in [0.717, 1.165) is 6.92 Å². The first kappa shape index (κ1) is 15.6. The molecule has 0 amide bonds. The van der Waals surface area contributed by atoms with Crippen molar-refractivity contribution in [3.05, 3.63) is 0 Å². The quantitative estimate of drug-likeness (QED) is 0.340. The van der Waals surface area contributed by atoms with E-state index in [-0.39, 0.29) is 70.2 Å². The molecule has 0 bridgehead atoms. The van der Waals surface area contributed by atoms with Gasteiger partial charge in [-0.05, 0) is 0 Å². The molecule has 0 saturated heterocycles. The van der Waals surface area contributed by atoms with Crippen molar-refractivity contribution in [3.8, 4) is 0 Å². The Morgan fingerprint density at radius 1 is 1.83 bits per heavy atom. The molecule has 0 aromatic rings. The molecule has 0 aromatic heterocycles. The number of hydrogen-bond acceptors (Lipinski definition) is 1. The summed E-state index contributed by atoms with van der Waals surface area (Å²) < 4.78 is 0. The number of aliphatic carboxylic acids is 1. The summed E-state index contributed by atoms with van der Waals surface area (Å²) in [4.78, 5) is 9.00. The Kier molecular flexibility index (Phi) is 25.6. The van der Waals surface area contributed by atoms with Gasteiger partial charge in [0.1, 0.15) is 0 Å². The van der Waals surface area contributed by atoms with Gasteiger partial charge in [0.25, 0.3) is 5.97 Å². The maximum atomic E-state index is 9.00. The molecule has 4 heteroatoms. The number of carboxylic acids is 1. The van der Waals surface area contributed by atoms with Crippen molar-refractivity contribution in [2.45, 2.75) is 6.92 Å². The van der Waals surface area contributed by atoms with Crippen LogP contribution < -0.4 is 51.4 Å². The van der Waals surface area contributed by atoms with Crippen LogP contribution in [0.5, 0.6) is 0 Å². The second kappa shape index (κ2) is 9.81. The van der Waals surface area contributed by atoms with Gasteiger partial charge in [-0.15, -0.1) is 0 Å². The minimum absolute atomic E-state index is 0. The Morgan fingerprint density at radius 2 is 1.83 bits per heavy atom. The zero-order valence-electron chi connectivity index (χ0n) is 4.36. The fourth-order valence-corrected chi connectivity index (χ4v) is 0. The third-order valence-corrected chi connectivity index (χ3v) is 0. The first-order valence-corrected chi connectivity index (χ1v) is 0.928. The van der Waals surface area contributed by atoms with Crippen LogP contribution in [0.3, 0.4) is 0 Å². The van der Waals surface area contributed by atoms with E-state index in [9.17, 15) is 0 Å². The normalized spacial score (nSPS) is 4.17. The third kappa shape index (κ3) is 45.2. The Bertz CT molecular complexity index is 38.7. The van der Waals surface area contributed by atoms with Gasteiger partial charge in [0.2, 0.25) is 0 Å². The minimum Gasteiger partial charge on any atom is -1.00 e. The Labute approximate surface area is 91.3 Å². The summed E-state index contributed by atoms with van der Waals surface area (Å²) in [5, 5.41) is 7.42. The number of rotatable bonds is 0. The summed E-state index contributed by atoms with van der Waals surface area (Å²) in [5.41, 5.74) is 0. The smallest absolute Gasteiger partial charge is 1.00 e. The van der Waals surface area contributed by atoms with Crippen molar-refractivity contribution >= 4 is 23.3 Å². The van der Waals surface area contributed by atoms with Crippen LogP contribution >= 0.6 is 0 Å². The van der Waals surface area contributed by atoms with Crippen LogP contribution in [-0.4, -0.2) is 28.4 Å². The molecule has 0 aromatic carbocycles. The van der Waals surface area contributed by atoms with Gasteiger partial charge in [0, 0.05) is 6.92 Å². The van der Waals surface area contributed by atoms with Crippen molar-refractivity contribution in [1.29, 1.82) is 0 Å². The van der Waals surface area contributed by atoms with Crippen LogP contribution in [0, 0.1) is 0 Å². The molecular weight excluding hydrogens is 122 g/mol. The average Bonchev–Trinajstić information content (AvgIpc) is 0.811. The van der Waals surface area contributed by atoms with E-state index < -0.39 is 5.97 Å². The average molecular weight is 130 g/mol. The van der Waals surface area contributed by atoms with Crippen molar-refractivity contribution < 1.29 is 62.7 Å². The maximum absolute atomic E-state index is 9.00.